The highest BCUT2D eigenvalue weighted by molar-refractivity contribution is 5.85. The second kappa shape index (κ2) is 8.79. The summed E-state index contributed by atoms with van der Waals surface area (Å²) in [6.07, 6.45) is 3.51. The molecule has 0 saturated heterocycles. The lowest BCUT2D eigenvalue weighted by molar-refractivity contribution is 0.132. The maximum absolute atomic E-state index is 11.7. The molecule has 2 rings (SSSR count). The number of nitrogens with two attached hydrogens (primary N) is 1. The first-order chi connectivity index (χ1) is 9.28. The lowest BCUT2D eigenvalue weighted by Gasteiger charge is -2.28. The predicted octanol–water partition coefficient (Wildman–Crippen LogP) is 2.11. The molecule has 1 saturated carbocycles. The largest absolute Gasteiger partial charge is 0.445 e. The fourth-order valence-electron chi connectivity index (χ4n) is 2.34. The summed E-state index contributed by atoms with van der Waals surface area (Å²) in [5.74, 6) is 5.40. The van der Waals surface area contributed by atoms with Crippen LogP contribution in [0.4, 0.5) is 4.79 Å². The Bertz CT molecular complexity index is 395. The van der Waals surface area contributed by atoms with Gasteiger partial charge in [-0.2, -0.15) is 0 Å². The topological polar surface area (TPSA) is 76.4 Å². The molecular formula is C14H22ClN3O2. The molecule has 0 spiro atoms. The van der Waals surface area contributed by atoms with Crippen LogP contribution >= 0.6 is 12.4 Å². The minimum Gasteiger partial charge on any atom is -0.445 e. The maximum Gasteiger partial charge on any atom is 0.407 e. The van der Waals surface area contributed by atoms with E-state index in [2.05, 4.69) is 10.7 Å². The first kappa shape index (κ1) is 16.8. The second-order valence-corrected chi connectivity index (χ2v) is 4.92. The van der Waals surface area contributed by atoms with Crippen molar-refractivity contribution in [1.29, 1.82) is 0 Å². The van der Waals surface area contributed by atoms with Gasteiger partial charge in [-0.15, -0.1) is 12.4 Å². The average Bonchev–Trinajstić information content (AvgIpc) is 2.47. The van der Waals surface area contributed by atoms with E-state index in [0.717, 1.165) is 31.2 Å². The third kappa shape index (κ3) is 5.36. The van der Waals surface area contributed by atoms with Gasteiger partial charge >= 0.3 is 6.09 Å². The Morgan fingerprint density at radius 3 is 2.35 bits per heavy atom. The van der Waals surface area contributed by atoms with Gasteiger partial charge in [0, 0.05) is 12.1 Å². The van der Waals surface area contributed by atoms with Gasteiger partial charge < -0.3 is 10.1 Å². The van der Waals surface area contributed by atoms with Crippen LogP contribution in [0, 0.1) is 0 Å². The standard InChI is InChI=1S/C14H21N3O2.ClH/c15-17-13-8-6-12(7-9-13)16-14(18)19-10-11-4-2-1-3-5-11;/h1-5,12-13,17H,6-10,15H2,(H,16,18);1H. The molecule has 0 atom stereocenters. The molecule has 1 amide bonds. The Morgan fingerprint density at radius 1 is 1.15 bits per heavy atom. The molecular weight excluding hydrogens is 278 g/mol. The maximum atomic E-state index is 11.7. The molecule has 4 N–H and O–H groups in total. The summed E-state index contributed by atoms with van der Waals surface area (Å²) in [6, 6.07) is 10.2. The van der Waals surface area contributed by atoms with Gasteiger partial charge in [-0.1, -0.05) is 30.3 Å². The first-order valence-electron chi connectivity index (χ1n) is 6.71. The Labute approximate surface area is 125 Å². The van der Waals surface area contributed by atoms with Crippen molar-refractivity contribution in [2.75, 3.05) is 0 Å². The Balaban J connectivity index is 0.00000200. The van der Waals surface area contributed by atoms with E-state index in [9.17, 15) is 4.79 Å². The van der Waals surface area contributed by atoms with Crippen molar-refractivity contribution < 1.29 is 9.53 Å². The van der Waals surface area contributed by atoms with Crippen molar-refractivity contribution in [3.05, 3.63) is 35.9 Å². The molecule has 0 aromatic heterocycles. The summed E-state index contributed by atoms with van der Waals surface area (Å²) < 4.78 is 5.19. The lowest BCUT2D eigenvalue weighted by atomic mass is 9.92. The van der Waals surface area contributed by atoms with Crippen LogP contribution in [0.3, 0.4) is 0 Å². The Kier molecular flexibility index (Phi) is 7.36. The van der Waals surface area contributed by atoms with Crippen LogP contribution in [0.1, 0.15) is 31.2 Å². The fourth-order valence-corrected chi connectivity index (χ4v) is 2.34. The molecule has 1 fully saturated rings. The van der Waals surface area contributed by atoms with E-state index in [1.54, 1.807) is 0 Å². The third-order valence-corrected chi connectivity index (χ3v) is 3.50. The van der Waals surface area contributed by atoms with E-state index in [1.165, 1.54) is 0 Å². The summed E-state index contributed by atoms with van der Waals surface area (Å²) in [7, 11) is 0. The van der Waals surface area contributed by atoms with Gasteiger partial charge in [0.25, 0.3) is 0 Å². The molecule has 1 aromatic rings. The summed E-state index contributed by atoms with van der Waals surface area (Å²) in [5.41, 5.74) is 3.77. The number of ether oxygens (including phenoxy) is 1. The Hall–Kier alpha value is -1.30. The zero-order chi connectivity index (χ0) is 13.5. The molecule has 0 bridgehead atoms. The molecule has 5 nitrogen and oxygen atoms in total. The van der Waals surface area contributed by atoms with Crippen LogP contribution in [0.5, 0.6) is 0 Å². The number of alkyl carbamates (subject to hydrolysis) is 1. The molecule has 1 aliphatic carbocycles. The van der Waals surface area contributed by atoms with Crippen molar-refractivity contribution in [2.45, 2.75) is 44.4 Å². The Morgan fingerprint density at radius 2 is 1.75 bits per heavy atom. The van der Waals surface area contributed by atoms with Gasteiger partial charge in [0.05, 0.1) is 0 Å². The molecule has 6 heteroatoms. The highest BCUT2D eigenvalue weighted by Crippen LogP contribution is 2.18. The van der Waals surface area contributed by atoms with E-state index in [-0.39, 0.29) is 24.5 Å². The number of carbonyl (C=O) groups excluding carboxylic acids is 1. The minimum absolute atomic E-state index is 0. The summed E-state index contributed by atoms with van der Waals surface area (Å²) >= 11 is 0. The van der Waals surface area contributed by atoms with Crippen molar-refractivity contribution >= 4 is 18.5 Å². The van der Waals surface area contributed by atoms with Gasteiger partial charge in [-0.25, -0.2) is 4.79 Å². The number of hydrazine groups is 1. The van der Waals surface area contributed by atoms with Crippen molar-refractivity contribution in [1.82, 2.24) is 10.7 Å². The van der Waals surface area contributed by atoms with Crippen molar-refractivity contribution in [3.63, 3.8) is 0 Å². The quantitative estimate of drug-likeness (QED) is 0.588. The zero-order valence-electron chi connectivity index (χ0n) is 11.4. The third-order valence-electron chi connectivity index (χ3n) is 3.50. The normalized spacial score (nSPS) is 21.6. The number of hydrogen-bond acceptors (Lipinski definition) is 4. The fraction of sp³-hybridized carbons (Fsp3) is 0.500. The van der Waals surface area contributed by atoms with E-state index in [1.807, 2.05) is 30.3 Å². The highest BCUT2D eigenvalue weighted by Gasteiger charge is 2.21. The van der Waals surface area contributed by atoms with E-state index >= 15 is 0 Å². The summed E-state index contributed by atoms with van der Waals surface area (Å²) in [6.45, 7) is 0.312. The average molecular weight is 300 g/mol. The number of amides is 1. The van der Waals surface area contributed by atoms with Gasteiger partial charge in [0.2, 0.25) is 0 Å². The molecule has 0 aliphatic heterocycles. The van der Waals surface area contributed by atoms with Gasteiger partial charge in [-0.3, -0.25) is 11.3 Å². The van der Waals surface area contributed by atoms with E-state index in [0.29, 0.717) is 12.6 Å². The number of benzene rings is 1. The smallest absolute Gasteiger partial charge is 0.407 e. The van der Waals surface area contributed by atoms with Crippen LogP contribution in [0.25, 0.3) is 0 Å². The van der Waals surface area contributed by atoms with Gasteiger partial charge in [-0.05, 0) is 31.2 Å². The van der Waals surface area contributed by atoms with Gasteiger partial charge in [0.1, 0.15) is 6.61 Å². The number of hydrogen-bond donors (Lipinski definition) is 3. The number of rotatable bonds is 4. The predicted molar refractivity (Wildman–Crippen MR) is 80.4 cm³/mol. The monoisotopic (exact) mass is 299 g/mol. The molecule has 0 unspecified atom stereocenters. The molecule has 0 radical (unpaired) electrons. The van der Waals surface area contributed by atoms with Crippen molar-refractivity contribution in [2.24, 2.45) is 5.84 Å². The molecule has 20 heavy (non-hydrogen) atoms. The molecule has 0 heterocycles. The van der Waals surface area contributed by atoms with Crippen LogP contribution in [-0.4, -0.2) is 18.2 Å². The van der Waals surface area contributed by atoms with Crippen LogP contribution in [-0.2, 0) is 11.3 Å². The lowest BCUT2D eigenvalue weighted by Crippen LogP contribution is -2.44. The number of carbonyl (C=O) groups is 1. The SMILES string of the molecule is Cl.NNC1CCC(NC(=O)OCc2ccccc2)CC1. The van der Waals surface area contributed by atoms with Crippen LogP contribution in [0.15, 0.2) is 30.3 Å². The zero-order valence-corrected chi connectivity index (χ0v) is 12.2. The molecule has 1 aromatic carbocycles. The first-order valence-corrected chi connectivity index (χ1v) is 6.71. The highest BCUT2D eigenvalue weighted by atomic mass is 35.5. The molecule has 112 valence electrons. The van der Waals surface area contributed by atoms with Crippen LogP contribution in [0.2, 0.25) is 0 Å². The number of halogens is 1. The summed E-state index contributed by atoms with van der Waals surface area (Å²) in [5, 5.41) is 2.90. The van der Waals surface area contributed by atoms with Crippen molar-refractivity contribution in [3.8, 4) is 0 Å². The van der Waals surface area contributed by atoms with E-state index in [4.69, 9.17) is 10.6 Å². The van der Waals surface area contributed by atoms with Crippen LogP contribution < -0.4 is 16.6 Å². The minimum atomic E-state index is -0.340. The number of nitrogens with one attached hydrogen (secondary N) is 2. The molecule has 1 aliphatic rings. The van der Waals surface area contributed by atoms with Gasteiger partial charge in [0.15, 0.2) is 0 Å². The second-order valence-electron chi connectivity index (χ2n) is 4.92. The summed E-state index contributed by atoms with van der Waals surface area (Å²) in [4.78, 5) is 11.7. The van der Waals surface area contributed by atoms with E-state index < -0.39 is 0 Å².